The minimum Gasteiger partial charge on any atom is -0.318 e. The Hall–Kier alpha value is -1.66. The third-order valence-corrected chi connectivity index (χ3v) is 7.41. The fraction of sp³-hybridized carbons (Fsp3) is 0.519. The fourth-order valence-electron chi connectivity index (χ4n) is 3.97. The van der Waals surface area contributed by atoms with Crippen molar-refractivity contribution in [3.63, 3.8) is 0 Å². The number of unbranched alkanes of at least 4 members (excludes halogenated alkanes) is 5. The summed E-state index contributed by atoms with van der Waals surface area (Å²) in [5.74, 6) is 0. The van der Waals surface area contributed by atoms with Crippen molar-refractivity contribution in [2.45, 2.75) is 85.0 Å². The quantitative estimate of drug-likeness (QED) is 0.270. The molecule has 0 amide bonds. The van der Waals surface area contributed by atoms with Gasteiger partial charge in [-0.2, -0.15) is 0 Å². The van der Waals surface area contributed by atoms with E-state index in [1.54, 1.807) is 0 Å². The third kappa shape index (κ3) is 7.55. The average molecular weight is 427 g/mol. The van der Waals surface area contributed by atoms with E-state index in [4.69, 9.17) is 0 Å². The Morgan fingerprint density at radius 2 is 1.37 bits per heavy atom. The molecule has 0 bridgehead atoms. The Bertz CT molecular complexity index is 824. The number of rotatable bonds is 11. The summed E-state index contributed by atoms with van der Waals surface area (Å²) >= 11 is 0. The van der Waals surface area contributed by atoms with Gasteiger partial charge in [0.2, 0.25) is 5.52 Å². The van der Waals surface area contributed by atoms with Crippen molar-refractivity contribution in [3.8, 4) is 0 Å². The van der Waals surface area contributed by atoms with Gasteiger partial charge in [-0.25, -0.2) is 0 Å². The second-order valence-electron chi connectivity index (χ2n) is 9.59. The van der Waals surface area contributed by atoms with Gasteiger partial charge < -0.3 is 4.57 Å². The third-order valence-electron chi connectivity index (χ3n) is 5.84. The molecule has 0 aromatic heterocycles. The van der Waals surface area contributed by atoms with Gasteiger partial charge in [0.05, 0.1) is 0 Å². The van der Waals surface area contributed by atoms with Gasteiger partial charge in [0.15, 0.2) is 0 Å². The summed E-state index contributed by atoms with van der Waals surface area (Å²) in [6, 6.07) is 14.8. The Morgan fingerprint density at radius 3 is 1.93 bits per heavy atom. The largest absolute Gasteiger partial charge is 0.318 e. The zero-order valence-electron chi connectivity index (χ0n) is 19.5. The Balaban J connectivity index is 1.71. The Labute approximate surface area is 184 Å². The molecule has 2 aromatic carbocycles. The lowest BCUT2D eigenvalue weighted by molar-refractivity contribution is 0.107. The summed E-state index contributed by atoms with van der Waals surface area (Å²) in [6.45, 7) is 10.5. The van der Waals surface area contributed by atoms with Gasteiger partial charge in [-0.15, -0.1) is 0 Å². The first kappa shape index (κ1) is 24.6. The summed E-state index contributed by atoms with van der Waals surface area (Å²) in [6.07, 6.45) is 8.49. The number of benzene rings is 2. The topological polar surface area (TPSA) is 34.1 Å². The van der Waals surface area contributed by atoms with Crippen LogP contribution in [0.25, 0.3) is 0 Å². The molecule has 2 rings (SSSR count). The summed E-state index contributed by atoms with van der Waals surface area (Å²) in [4.78, 5) is 12.8. The molecule has 0 spiro atoms. The molecule has 1 unspecified atom stereocenters. The summed E-state index contributed by atoms with van der Waals surface area (Å²) in [5, 5.41) is 0. The van der Waals surface area contributed by atoms with Crippen LogP contribution >= 0.6 is 7.80 Å². The van der Waals surface area contributed by atoms with Crippen molar-refractivity contribution in [2.24, 2.45) is 0 Å². The standard InChI is InChI=1S/C27H39O2P/c1-21-19-24(27(3,4)5)20-22(2)25(21)26(28)30(29)18-14-9-7-6-8-11-15-23-16-12-10-13-17-23/h10,12-13,16-17,19-20,30H,6-9,11,14-15,18H2,1-5H3. The van der Waals surface area contributed by atoms with Crippen LogP contribution in [0.2, 0.25) is 0 Å². The maximum absolute atomic E-state index is 12.8. The van der Waals surface area contributed by atoms with Crippen molar-refractivity contribution < 1.29 is 9.36 Å². The van der Waals surface area contributed by atoms with Gasteiger partial charge in [0.25, 0.3) is 0 Å². The van der Waals surface area contributed by atoms with Crippen LogP contribution in [-0.2, 0) is 16.4 Å². The molecule has 0 aliphatic carbocycles. The van der Waals surface area contributed by atoms with Gasteiger partial charge in [-0.05, 0) is 60.8 Å². The van der Waals surface area contributed by atoms with Gasteiger partial charge in [-0.3, -0.25) is 4.79 Å². The van der Waals surface area contributed by atoms with Gasteiger partial charge in [0, 0.05) is 11.7 Å². The van der Waals surface area contributed by atoms with Crippen molar-refractivity contribution in [3.05, 3.63) is 70.3 Å². The maximum Gasteiger partial charge on any atom is 0.219 e. The summed E-state index contributed by atoms with van der Waals surface area (Å²) in [5.41, 5.74) is 5.16. The first-order valence-electron chi connectivity index (χ1n) is 11.4. The number of carbonyl (C=O) groups is 1. The smallest absolute Gasteiger partial charge is 0.219 e. The molecule has 0 fully saturated rings. The van der Waals surface area contributed by atoms with Crippen LogP contribution in [0.15, 0.2) is 42.5 Å². The van der Waals surface area contributed by atoms with Gasteiger partial charge in [0.1, 0.15) is 7.80 Å². The molecule has 1 atom stereocenters. The highest BCUT2D eigenvalue weighted by atomic mass is 31.1. The van der Waals surface area contributed by atoms with E-state index in [-0.39, 0.29) is 10.9 Å². The lowest BCUT2D eigenvalue weighted by Crippen LogP contribution is -2.13. The highest BCUT2D eigenvalue weighted by Gasteiger charge is 2.22. The molecule has 0 radical (unpaired) electrons. The molecular formula is C27H39O2P. The first-order valence-corrected chi connectivity index (χ1v) is 13.0. The van der Waals surface area contributed by atoms with Crippen LogP contribution < -0.4 is 0 Å². The predicted octanol–water partition coefficient (Wildman–Crippen LogP) is 7.88. The van der Waals surface area contributed by atoms with E-state index >= 15 is 0 Å². The molecule has 2 aromatic rings. The normalized spacial score (nSPS) is 12.7. The van der Waals surface area contributed by atoms with Gasteiger partial charge >= 0.3 is 0 Å². The lowest BCUT2D eigenvalue weighted by Gasteiger charge is -2.22. The van der Waals surface area contributed by atoms with E-state index in [0.29, 0.717) is 11.7 Å². The van der Waals surface area contributed by atoms with Crippen LogP contribution in [0.4, 0.5) is 0 Å². The highest BCUT2D eigenvalue weighted by molar-refractivity contribution is 7.64. The maximum atomic E-state index is 12.8. The second-order valence-corrected chi connectivity index (χ2v) is 11.4. The predicted molar refractivity (Wildman–Crippen MR) is 131 cm³/mol. The summed E-state index contributed by atoms with van der Waals surface area (Å²) in [7, 11) is -2.23. The van der Waals surface area contributed by atoms with Crippen molar-refractivity contribution in [1.29, 1.82) is 0 Å². The minimum atomic E-state index is -2.23. The van der Waals surface area contributed by atoms with Gasteiger partial charge in [-0.1, -0.05) is 88.9 Å². The molecule has 0 N–H and O–H groups in total. The molecular weight excluding hydrogens is 387 g/mol. The van der Waals surface area contributed by atoms with Crippen LogP contribution in [-0.4, -0.2) is 11.7 Å². The Kier molecular flexibility index (Phi) is 9.56. The van der Waals surface area contributed by atoms with Crippen molar-refractivity contribution in [2.75, 3.05) is 6.16 Å². The molecule has 0 aliphatic heterocycles. The number of aryl methyl sites for hydroxylation is 3. The molecule has 2 nitrogen and oxygen atoms in total. The van der Waals surface area contributed by atoms with Crippen LogP contribution in [0, 0.1) is 13.8 Å². The molecule has 0 aliphatic rings. The molecule has 3 heteroatoms. The van der Waals surface area contributed by atoms with Crippen LogP contribution in [0.3, 0.4) is 0 Å². The number of hydrogen-bond acceptors (Lipinski definition) is 2. The zero-order valence-corrected chi connectivity index (χ0v) is 20.5. The number of hydrogen-bond donors (Lipinski definition) is 0. The number of carbonyl (C=O) groups excluding carboxylic acids is 1. The molecule has 0 heterocycles. The molecule has 30 heavy (non-hydrogen) atoms. The SMILES string of the molecule is Cc1cc(C(C)(C)C)cc(C)c1C(=O)[PH](=O)CCCCCCCCc1ccccc1. The first-order chi connectivity index (χ1) is 14.2. The van der Waals surface area contributed by atoms with Crippen molar-refractivity contribution in [1.82, 2.24) is 0 Å². The van der Waals surface area contributed by atoms with E-state index in [1.165, 1.54) is 30.4 Å². The lowest BCUT2D eigenvalue weighted by atomic mass is 9.84. The monoisotopic (exact) mass is 426 g/mol. The fourth-order valence-corrected chi connectivity index (χ4v) is 5.45. The minimum absolute atomic E-state index is 0.0451. The summed E-state index contributed by atoms with van der Waals surface area (Å²) < 4.78 is 12.7. The van der Waals surface area contributed by atoms with Crippen LogP contribution in [0.5, 0.6) is 0 Å². The average Bonchev–Trinajstić information content (AvgIpc) is 2.69. The highest BCUT2D eigenvalue weighted by Crippen LogP contribution is 2.34. The molecule has 164 valence electrons. The van der Waals surface area contributed by atoms with E-state index in [0.717, 1.165) is 36.8 Å². The molecule has 0 saturated carbocycles. The van der Waals surface area contributed by atoms with Crippen LogP contribution in [0.1, 0.15) is 91.9 Å². The van der Waals surface area contributed by atoms with E-state index in [2.05, 4.69) is 63.2 Å². The zero-order chi connectivity index (χ0) is 22.1. The Morgan fingerprint density at radius 1 is 0.833 bits per heavy atom. The van der Waals surface area contributed by atoms with E-state index in [1.807, 2.05) is 13.8 Å². The molecule has 0 saturated heterocycles. The van der Waals surface area contributed by atoms with E-state index < -0.39 is 7.80 Å². The van der Waals surface area contributed by atoms with E-state index in [9.17, 15) is 9.36 Å². The second kappa shape index (κ2) is 11.7. The van der Waals surface area contributed by atoms with Crippen molar-refractivity contribution >= 4 is 13.3 Å².